The summed E-state index contributed by atoms with van der Waals surface area (Å²) in [7, 11) is 2.93. The van der Waals surface area contributed by atoms with Gasteiger partial charge in [-0.3, -0.25) is 13.8 Å². The Hall–Kier alpha value is -4.33. The molecule has 5 aromatic rings. The fourth-order valence-corrected chi connectivity index (χ4v) is 3.88. The van der Waals surface area contributed by atoms with Gasteiger partial charge in [0.25, 0.3) is 5.56 Å². The molecule has 160 valence electrons. The molecule has 3 aromatic carbocycles. The first-order chi connectivity index (χ1) is 15.6. The topological polar surface area (TPSA) is 90.9 Å². The lowest BCUT2D eigenvalue weighted by atomic mass is 10.1. The molecule has 0 atom stereocenters. The largest absolute Gasteiger partial charge is 0.502 e. The number of phenols is 1. The van der Waals surface area contributed by atoms with Gasteiger partial charge < -0.3 is 14.6 Å². The SMILES string of the molecule is COc1cc(-c2nnc3n(Cc4ccccc4)c(=O)c4ccccc4n23)cc(OC)c1O. The Morgan fingerprint density at radius 3 is 2.25 bits per heavy atom. The molecule has 8 heteroatoms. The predicted octanol–water partition coefficient (Wildman–Crippen LogP) is 3.48. The summed E-state index contributed by atoms with van der Waals surface area (Å²) in [6, 6.07) is 20.4. The number of hydrogen-bond acceptors (Lipinski definition) is 6. The number of methoxy groups -OCH3 is 2. The fourth-order valence-electron chi connectivity index (χ4n) is 3.88. The summed E-state index contributed by atoms with van der Waals surface area (Å²) >= 11 is 0. The second-order valence-electron chi connectivity index (χ2n) is 7.28. The fraction of sp³-hybridized carbons (Fsp3) is 0.125. The van der Waals surface area contributed by atoms with Gasteiger partial charge in [0, 0.05) is 5.56 Å². The van der Waals surface area contributed by atoms with Crippen LogP contribution < -0.4 is 15.0 Å². The number of aromatic hydroxyl groups is 1. The minimum Gasteiger partial charge on any atom is -0.502 e. The highest BCUT2D eigenvalue weighted by molar-refractivity contribution is 5.83. The lowest BCUT2D eigenvalue weighted by Gasteiger charge is -2.13. The minimum absolute atomic E-state index is 0.0987. The zero-order valence-electron chi connectivity index (χ0n) is 17.5. The van der Waals surface area contributed by atoms with E-state index in [0.717, 1.165) is 5.56 Å². The summed E-state index contributed by atoms with van der Waals surface area (Å²) in [6.45, 7) is 0.356. The molecule has 2 heterocycles. The maximum absolute atomic E-state index is 13.3. The normalized spacial score (nSPS) is 11.2. The predicted molar refractivity (Wildman–Crippen MR) is 121 cm³/mol. The first-order valence-electron chi connectivity index (χ1n) is 9.98. The highest BCUT2D eigenvalue weighted by atomic mass is 16.5. The number of phenolic OH excluding ortho intramolecular Hbond substituents is 1. The number of benzene rings is 3. The van der Waals surface area contributed by atoms with Crippen LogP contribution in [0, 0.1) is 0 Å². The second-order valence-corrected chi connectivity index (χ2v) is 7.28. The van der Waals surface area contributed by atoms with Gasteiger partial charge in [-0.2, -0.15) is 0 Å². The van der Waals surface area contributed by atoms with E-state index in [1.54, 1.807) is 22.8 Å². The van der Waals surface area contributed by atoms with E-state index in [1.807, 2.05) is 52.9 Å². The molecule has 0 saturated heterocycles. The average Bonchev–Trinajstić information content (AvgIpc) is 3.28. The second kappa shape index (κ2) is 7.73. The number of rotatable bonds is 5. The van der Waals surface area contributed by atoms with Crippen LogP contribution in [0.25, 0.3) is 28.1 Å². The molecule has 5 rings (SSSR count). The van der Waals surface area contributed by atoms with Crippen LogP contribution in [-0.4, -0.2) is 38.5 Å². The van der Waals surface area contributed by atoms with E-state index >= 15 is 0 Å². The van der Waals surface area contributed by atoms with Gasteiger partial charge in [0.2, 0.25) is 11.5 Å². The molecule has 0 fully saturated rings. The van der Waals surface area contributed by atoms with Crippen molar-refractivity contribution in [3.05, 3.63) is 82.6 Å². The molecule has 8 nitrogen and oxygen atoms in total. The van der Waals surface area contributed by atoms with Crippen molar-refractivity contribution in [1.82, 2.24) is 19.2 Å². The van der Waals surface area contributed by atoms with Crippen LogP contribution in [0.1, 0.15) is 5.56 Å². The van der Waals surface area contributed by atoms with Crippen molar-refractivity contribution in [2.75, 3.05) is 14.2 Å². The first kappa shape index (κ1) is 19.6. The van der Waals surface area contributed by atoms with Crippen LogP contribution in [0.3, 0.4) is 0 Å². The average molecular weight is 428 g/mol. The monoisotopic (exact) mass is 428 g/mol. The summed E-state index contributed by atoms with van der Waals surface area (Å²) in [5.74, 6) is 1.31. The lowest BCUT2D eigenvalue weighted by Crippen LogP contribution is -2.24. The quantitative estimate of drug-likeness (QED) is 0.461. The number of hydrogen-bond donors (Lipinski definition) is 1. The molecule has 32 heavy (non-hydrogen) atoms. The Balaban J connectivity index is 1.83. The van der Waals surface area contributed by atoms with E-state index in [0.29, 0.717) is 34.6 Å². The molecule has 0 aliphatic heterocycles. The molecular formula is C24H20N4O4. The molecule has 0 radical (unpaired) electrons. The molecule has 0 amide bonds. The van der Waals surface area contributed by atoms with Gasteiger partial charge in [-0.15, -0.1) is 10.2 Å². The van der Waals surface area contributed by atoms with Gasteiger partial charge in [0.15, 0.2) is 17.3 Å². The van der Waals surface area contributed by atoms with Crippen molar-refractivity contribution in [1.29, 1.82) is 0 Å². The third kappa shape index (κ3) is 3.04. The van der Waals surface area contributed by atoms with Crippen molar-refractivity contribution in [3.8, 4) is 28.6 Å². The van der Waals surface area contributed by atoms with E-state index < -0.39 is 0 Å². The Morgan fingerprint density at radius 2 is 1.56 bits per heavy atom. The van der Waals surface area contributed by atoms with Crippen LogP contribution in [0.2, 0.25) is 0 Å². The molecular weight excluding hydrogens is 408 g/mol. The first-order valence-corrected chi connectivity index (χ1v) is 9.98. The van der Waals surface area contributed by atoms with Crippen molar-refractivity contribution in [3.63, 3.8) is 0 Å². The molecule has 0 bridgehead atoms. The maximum atomic E-state index is 13.3. The Labute approximate surface area is 182 Å². The number of para-hydroxylation sites is 1. The van der Waals surface area contributed by atoms with Crippen LogP contribution >= 0.6 is 0 Å². The lowest BCUT2D eigenvalue weighted by molar-refractivity contribution is 0.340. The standard InChI is InChI=1S/C24H20N4O4/c1-31-19-12-16(13-20(32-2)21(19)29)22-25-26-24-27(14-15-8-4-3-5-9-15)23(30)17-10-6-7-11-18(17)28(22)24/h3-13,29H,14H2,1-2H3. The highest BCUT2D eigenvalue weighted by Crippen LogP contribution is 2.40. The third-order valence-electron chi connectivity index (χ3n) is 5.43. The summed E-state index contributed by atoms with van der Waals surface area (Å²) < 4.78 is 14.1. The summed E-state index contributed by atoms with van der Waals surface area (Å²) in [5.41, 5.74) is 2.14. The molecule has 0 aliphatic rings. The minimum atomic E-state index is -0.142. The Bertz CT molecular complexity index is 1480. The molecule has 0 aliphatic carbocycles. The molecule has 1 N–H and O–H groups in total. The van der Waals surface area contributed by atoms with Crippen LogP contribution in [0.15, 0.2) is 71.5 Å². The van der Waals surface area contributed by atoms with E-state index in [1.165, 1.54) is 14.2 Å². The van der Waals surface area contributed by atoms with Crippen LogP contribution in [-0.2, 0) is 6.54 Å². The number of ether oxygens (including phenoxy) is 2. The van der Waals surface area contributed by atoms with Crippen molar-refractivity contribution in [2.24, 2.45) is 0 Å². The van der Waals surface area contributed by atoms with Gasteiger partial charge in [-0.25, -0.2) is 0 Å². The maximum Gasteiger partial charge on any atom is 0.263 e. The number of aromatic nitrogens is 4. The summed E-state index contributed by atoms with van der Waals surface area (Å²) in [5, 5.41) is 19.6. The van der Waals surface area contributed by atoms with Gasteiger partial charge in [0.05, 0.1) is 31.7 Å². The van der Waals surface area contributed by atoms with Gasteiger partial charge in [0.1, 0.15) is 0 Å². The zero-order valence-corrected chi connectivity index (χ0v) is 17.5. The van der Waals surface area contributed by atoms with Gasteiger partial charge in [-0.05, 0) is 29.8 Å². The molecule has 0 unspecified atom stereocenters. The smallest absolute Gasteiger partial charge is 0.263 e. The third-order valence-corrected chi connectivity index (χ3v) is 5.43. The van der Waals surface area contributed by atoms with Crippen LogP contribution in [0.5, 0.6) is 17.2 Å². The van der Waals surface area contributed by atoms with Crippen molar-refractivity contribution >= 4 is 16.7 Å². The van der Waals surface area contributed by atoms with E-state index in [-0.39, 0.29) is 22.8 Å². The van der Waals surface area contributed by atoms with Crippen molar-refractivity contribution in [2.45, 2.75) is 6.54 Å². The van der Waals surface area contributed by atoms with Crippen molar-refractivity contribution < 1.29 is 14.6 Å². The van der Waals surface area contributed by atoms with Gasteiger partial charge in [-0.1, -0.05) is 42.5 Å². The van der Waals surface area contributed by atoms with E-state index in [9.17, 15) is 9.90 Å². The zero-order chi connectivity index (χ0) is 22.2. The summed E-state index contributed by atoms with van der Waals surface area (Å²) in [4.78, 5) is 13.3. The highest BCUT2D eigenvalue weighted by Gasteiger charge is 2.20. The van der Waals surface area contributed by atoms with E-state index in [2.05, 4.69) is 10.2 Å². The van der Waals surface area contributed by atoms with Crippen LogP contribution in [0.4, 0.5) is 0 Å². The Morgan fingerprint density at radius 1 is 0.906 bits per heavy atom. The number of nitrogens with zero attached hydrogens (tertiary/aromatic N) is 4. The van der Waals surface area contributed by atoms with Gasteiger partial charge >= 0.3 is 0 Å². The molecule has 2 aromatic heterocycles. The summed E-state index contributed by atoms with van der Waals surface area (Å²) in [6.07, 6.45) is 0. The Kier molecular flexibility index (Phi) is 4.74. The molecule has 0 saturated carbocycles. The number of fused-ring (bicyclic) bond motifs is 3. The molecule has 0 spiro atoms. The van der Waals surface area contributed by atoms with E-state index in [4.69, 9.17) is 9.47 Å².